The van der Waals surface area contributed by atoms with Crippen LogP contribution in [-0.4, -0.2) is 67.4 Å². The molecule has 236 valence electrons. The van der Waals surface area contributed by atoms with Crippen LogP contribution in [0.1, 0.15) is 112 Å². The SMILES string of the molecule is CC1(C)Cc2cnc(N)nc2-c2c1c(C(=O)Nc1nc(COC3CCN(C4CCCCC4)CC3)cs1)nn2C1CCCCO1. The number of amides is 1. The summed E-state index contributed by atoms with van der Waals surface area (Å²) in [7, 11) is 0. The first-order valence-corrected chi connectivity index (χ1v) is 17.2. The van der Waals surface area contributed by atoms with Crippen molar-refractivity contribution in [3.05, 3.63) is 34.1 Å². The van der Waals surface area contributed by atoms with Crippen molar-refractivity contribution in [3.63, 3.8) is 0 Å². The average Bonchev–Trinajstić information content (AvgIpc) is 3.67. The molecule has 11 nitrogen and oxygen atoms in total. The van der Waals surface area contributed by atoms with Crippen LogP contribution in [0.3, 0.4) is 0 Å². The van der Waals surface area contributed by atoms with Gasteiger partial charge in [0.25, 0.3) is 5.91 Å². The number of nitrogen functional groups attached to an aromatic ring is 1. The lowest BCUT2D eigenvalue weighted by Gasteiger charge is -2.39. The van der Waals surface area contributed by atoms with Crippen molar-refractivity contribution >= 4 is 28.3 Å². The molecular formula is C32H44N8O3S. The second kappa shape index (κ2) is 12.5. The molecule has 0 aromatic carbocycles. The van der Waals surface area contributed by atoms with Crippen molar-refractivity contribution in [2.45, 2.75) is 115 Å². The number of ether oxygens (including phenoxy) is 2. The number of nitrogens with zero attached hydrogens (tertiary/aromatic N) is 6. The Morgan fingerprint density at radius 3 is 2.68 bits per heavy atom. The largest absolute Gasteiger partial charge is 0.372 e. The van der Waals surface area contributed by atoms with E-state index in [4.69, 9.17) is 25.3 Å². The first-order chi connectivity index (χ1) is 21.4. The van der Waals surface area contributed by atoms with Gasteiger partial charge in [0, 0.05) is 42.9 Å². The Bertz CT molecular complexity index is 1480. The Kier molecular flexibility index (Phi) is 8.43. The maximum Gasteiger partial charge on any atom is 0.278 e. The highest BCUT2D eigenvalue weighted by atomic mass is 32.1. The lowest BCUT2D eigenvalue weighted by molar-refractivity contribution is -0.0386. The number of hydrogen-bond donors (Lipinski definition) is 2. The van der Waals surface area contributed by atoms with Crippen molar-refractivity contribution in [3.8, 4) is 11.4 Å². The number of piperidine rings is 1. The normalized spacial score (nSPS) is 22.8. The Labute approximate surface area is 262 Å². The molecule has 3 fully saturated rings. The number of carbonyl (C=O) groups excluding carboxylic acids is 1. The van der Waals surface area contributed by atoms with Crippen LogP contribution in [0.5, 0.6) is 0 Å². The van der Waals surface area contributed by atoms with Crippen LogP contribution in [-0.2, 0) is 27.9 Å². The van der Waals surface area contributed by atoms with Crippen LogP contribution in [0.25, 0.3) is 11.4 Å². The van der Waals surface area contributed by atoms with Gasteiger partial charge in [-0.2, -0.15) is 5.10 Å². The standard InChI is InChI=1S/C32H44N8O3S/c1-32(2)16-20-17-34-30(33)36-26(20)28-25(32)27(38-40(28)24-10-6-7-15-42-24)29(41)37-31-35-21(19-44-31)18-43-23-11-13-39(14-12-23)22-8-4-3-5-9-22/h17,19,22-24H,3-16,18H2,1-2H3,(H2,33,34,36)(H,35,37,41). The summed E-state index contributed by atoms with van der Waals surface area (Å²) in [6.07, 6.45) is 14.3. The lowest BCUT2D eigenvalue weighted by Crippen LogP contribution is -2.44. The molecule has 12 heteroatoms. The van der Waals surface area contributed by atoms with Crippen LogP contribution in [0.2, 0.25) is 0 Å². The molecule has 3 aromatic rings. The topological polar surface area (TPSA) is 133 Å². The molecule has 1 atom stereocenters. The first-order valence-electron chi connectivity index (χ1n) is 16.3. The van der Waals surface area contributed by atoms with E-state index in [9.17, 15) is 4.79 Å². The molecule has 1 saturated carbocycles. The number of rotatable bonds is 7. The molecule has 0 radical (unpaired) electrons. The van der Waals surface area contributed by atoms with E-state index in [1.807, 2.05) is 10.1 Å². The van der Waals surface area contributed by atoms with Gasteiger partial charge in [-0.05, 0) is 62.3 Å². The summed E-state index contributed by atoms with van der Waals surface area (Å²) in [5.74, 6) is -0.0868. The Morgan fingerprint density at radius 2 is 1.91 bits per heavy atom. The Morgan fingerprint density at radius 1 is 1.11 bits per heavy atom. The van der Waals surface area contributed by atoms with Gasteiger partial charge in [-0.15, -0.1) is 11.3 Å². The highest BCUT2D eigenvalue weighted by molar-refractivity contribution is 7.14. The van der Waals surface area contributed by atoms with E-state index in [1.165, 1.54) is 43.4 Å². The number of nitrogens with two attached hydrogens (primary N) is 1. The van der Waals surface area contributed by atoms with Crippen LogP contribution >= 0.6 is 11.3 Å². The summed E-state index contributed by atoms with van der Waals surface area (Å²) < 4.78 is 14.3. The molecule has 44 heavy (non-hydrogen) atoms. The number of likely N-dealkylation sites (tertiary alicyclic amines) is 1. The molecule has 4 aliphatic rings. The van der Waals surface area contributed by atoms with Crippen LogP contribution in [0.4, 0.5) is 11.1 Å². The van der Waals surface area contributed by atoms with E-state index in [0.29, 0.717) is 30.5 Å². The Balaban J connectivity index is 1.05. The molecule has 2 saturated heterocycles. The van der Waals surface area contributed by atoms with Crippen LogP contribution in [0.15, 0.2) is 11.6 Å². The number of thiazole rings is 1. The molecule has 2 aliphatic carbocycles. The minimum Gasteiger partial charge on any atom is -0.372 e. The third-order valence-electron chi connectivity index (χ3n) is 9.78. The molecule has 0 spiro atoms. The predicted octanol–water partition coefficient (Wildman–Crippen LogP) is 5.48. The molecule has 3 aromatic heterocycles. The molecule has 1 amide bonds. The van der Waals surface area contributed by atoms with E-state index in [0.717, 1.165) is 79.4 Å². The molecule has 7 rings (SSSR count). The summed E-state index contributed by atoms with van der Waals surface area (Å²) in [5, 5.41) is 10.4. The van der Waals surface area contributed by atoms with Gasteiger partial charge in [-0.25, -0.2) is 19.6 Å². The first kappa shape index (κ1) is 29.8. The van der Waals surface area contributed by atoms with Gasteiger partial charge in [0.2, 0.25) is 5.95 Å². The molecule has 1 unspecified atom stereocenters. The van der Waals surface area contributed by atoms with Crippen molar-refractivity contribution in [2.24, 2.45) is 0 Å². The summed E-state index contributed by atoms with van der Waals surface area (Å²) in [6.45, 7) is 7.62. The maximum absolute atomic E-state index is 13.9. The van der Waals surface area contributed by atoms with E-state index >= 15 is 0 Å². The second-order valence-corrected chi connectivity index (χ2v) is 14.3. The summed E-state index contributed by atoms with van der Waals surface area (Å²) in [4.78, 5) is 30.1. The van der Waals surface area contributed by atoms with Crippen molar-refractivity contribution in [2.75, 3.05) is 30.7 Å². The summed E-state index contributed by atoms with van der Waals surface area (Å²) in [6, 6.07) is 0.772. The highest BCUT2D eigenvalue weighted by Gasteiger charge is 2.42. The van der Waals surface area contributed by atoms with Gasteiger partial charge in [-0.1, -0.05) is 33.1 Å². The zero-order chi connectivity index (χ0) is 30.3. The van der Waals surface area contributed by atoms with Gasteiger partial charge in [0.1, 0.15) is 0 Å². The average molecular weight is 621 g/mol. The number of aromatic nitrogens is 5. The second-order valence-electron chi connectivity index (χ2n) is 13.4. The molecule has 3 N–H and O–H groups in total. The minimum atomic E-state index is -0.379. The van der Waals surface area contributed by atoms with Gasteiger partial charge < -0.3 is 20.1 Å². The smallest absolute Gasteiger partial charge is 0.278 e. The van der Waals surface area contributed by atoms with Gasteiger partial charge >= 0.3 is 0 Å². The molecule has 5 heterocycles. The van der Waals surface area contributed by atoms with E-state index in [2.05, 4.69) is 34.0 Å². The monoisotopic (exact) mass is 620 g/mol. The van der Waals surface area contributed by atoms with Crippen molar-refractivity contribution < 1.29 is 14.3 Å². The van der Waals surface area contributed by atoms with Crippen molar-refractivity contribution in [1.82, 2.24) is 29.6 Å². The Hall–Kier alpha value is -2.93. The third-order valence-corrected chi connectivity index (χ3v) is 10.6. The predicted molar refractivity (Wildman–Crippen MR) is 170 cm³/mol. The molecule has 0 bridgehead atoms. The zero-order valence-electron chi connectivity index (χ0n) is 25.9. The zero-order valence-corrected chi connectivity index (χ0v) is 26.7. The van der Waals surface area contributed by atoms with Gasteiger partial charge in [0.05, 0.1) is 29.8 Å². The molecule has 2 aliphatic heterocycles. The van der Waals surface area contributed by atoms with E-state index in [-0.39, 0.29) is 29.6 Å². The quantitative estimate of drug-likeness (QED) is 0.352. The maximum atomic E-state index is 13.9. The number of nitrogens with one attached hydrogen (secondary N) is 1. The summed E-state index contributed by atoms with van der Waals surface area (Å²) >= 11 is 1.41. The van der Waals surface area contributed by atoms with E-state index < -0.39 is 0 Å². The number of anilines is 2. The third kappa shape index (κ3) is 6.01. The highest BCUT2D eigenvalue weighted by Crippen LogP contribution is 2.46. The van der Waals surface area contributed by atoms with Gasteiger partial charge in [0.15, 0.2) is 17.1 Å². The number of hydrogen-bond acceptors (Lipinski definition) is 10. The van der Waals surface area contributed by atoms with Gasteiger partial charge in [-0.3, -0.25) is 10.1 Å². The fourth-order valence-corrected chi connectivity index (χ4v) is 8.24. The fraction of sp³-hybridized carbons (Fsp3) is 0.656. The number of fused-ring (bicyclic) bond motifs is 3. The summed E-state index contributed by atoms with van der Waals surface area (Å²) in [5.41, 5.74) is 10.2. The van der Waals surface area contributed by atoms with Crippen LogP contribution in [0, 0.1) is 0 Å². The number of carbonyl (C=O) groups is 1. The molecular weight excluding hydrogens is 576 g/mol. The van der Waals surface area contributed by atoms with Crippen LogP contribution < -0.4 is 11.1 Å². The van der Waals surface area contributed by atoms with Crippen molar-refractivity contribution in [1.29, 1.82) is 0 Å². The lowest BCUT2D eigenvalue weighted by atomic mass is 9.73. The minimum absolute atomic E-state index is 0.199. The van der Waals surface area contributed by atoms with E-state index in [1.54, 1.807) is 6.20 Å². The fourth-order valence-electron chi connectivity index (χ4n) is 7.55.